The van der Waals surface area contributed by atoms with Crippen molar-refractivity contribution < 1.29 is 14.6 Å². The summed E-state index contributed by atoms with van der Waals surface area (Å²) in [6, 6.07) is 5.83. The van der Waals surface area contributed by atoms with Gasteiger partial charge in [0, 0.05) is 6.54 Å². The third kappa shape index (κ3) is 7.09. The molecule has 0 saturated carbocycles. The van der Waals surface area contributed by atoms with E-state index in [1.165, 1.54) is 5.56 Å². The van der Waals surface area contributed by atoms with E-state index in [4.69, 9.17) is 9.84 Å². The molecule has 0 spiro atoms. The van der Waals surface area contributed by atoms with Crippen LogP contribution in [0, 0.1) is 0 Å². The van der Waals surface area contributed by atoms with Crippen molar-refractivity contribution in [3.05, 3.63) is 28.2 Å². The van der Waals surface area contributed by atoms with E-state index in [1.54, 1.807) is 13.8 Å². The van der Waals surface area contributed by atoms with Gasteiger partial charge < -0.3 is 20.5 Å². The van der Waals surface area contributed by atoms with Crippen LogP contribution < -0.4 is 15.4 Å². The van der Waals surface area contributed by atoms with Gasteiger partial charge in [-0.3, -0.25) is 0 Å². The molecule has 0 saturated heterocycles. The summed E-state index contributed by atoms with van der Waals surface area (Å²) in [7, 11) is 0. The lowest BCUT2D eigenvalue weighted by atomic mass is 9.87. The van der Waals surface area contributed by atoms with Crippen LogP contribution in [0.15, 0.2) is 22.7 Å². The summed E-state index contributed by atoms with van der Waals surface area (Å²) < 4.78 is 6.69. The minimum atomic E-state index is -0.625. The molecule has 1 aromatic carbocycles. The summed E-state index contributed by atoms with van der Waals surface area (Å²) >= 11 is 3.54. The standard InChI is InChI=1S/C18H29BrN2O3/c1-17(2,3)13-7-8-15(14(19)11-13)24-10-6-9-20-16(23)21-18(4,5)12-22/h7-8,11,22H,6,9-10,12H2,1-5H3,(H2,20,21,23). The normalized spacial score (nSPS) is 12.0. The molecule has 0 unspecified atom stereocenters. The molecule has 0 fully saturated rings. The van der Waals surface area contributed by atoms with Gasteiger partial charge in [0.05, 0.1) is 23.2 Å². The zero-order chi connectivity index (χ0) is 18.4. The maximum absolute atomic E-state index is 11.7. The summed E-state index contributed by atoms with van der Waals surface area (Å²) in [6.45, 7) is 10.9. The van der Waals surface area contributed by atoms with Crippen LogP contribution in [-0.2, 0) is 5.41 Å². The van der Waals surface area contributed by atoms with Gasteiger partial charge in [0.25, 0.3) is 0 Å². The number of carbonyl (C=O) groups is 1. The highest BCUT2D eigenvalue weighted by atomic mass is 79.9. The molecule has 6 heteroatoms. The Morgan fingerprint density at radius 2 is 1.92 bits per heavy atom. The van der Waals surface area contributed by atoms with E-state index in [1.807, 2.05) is 6.07 Å². The summed E-state index contributed by atoms with van der Waals surface area (Å²) in [5, 5.41) is 14.6. The minimum absolute atomic E-state index is 0.0979. The zero-order valence-corrected chi connectivity index (χ0v) is 16.8. The van der Waals surface area contributed by atoms with Crippen LogP contribution in [0.3, 0.4) is 0 Å². The molecule has 0 aliphatic carbocycles. The highest BCUT2D eigenvalue weighted by Crippen LogP contribution is 2.31. The molecule has 0 aliphatic rings. The molecule has 3 N–H and O–H groups in total. The summed E-state index contributed by atoms with van der Waals surface area (Å²) in [5.41, 5.74) is 0.715. The van der Waals surface area contributed by atoms with Crippen LogP contribution in [0.1, 0.15) is 46.6 Å². The number of aliphatic hydroxyl groups is 1. The van der Waals surface area contributed by atoms with Gasteiger partial charge in [-0.2, -0.15) is 0 Å². The van der Waals surface area contributed by atoms with Gasteiger partial charge in [-0.1, -0.05) is 26.8 Å². The topological polar surface area (TPSA) is 70.6 Å². The SMILES string of the molecule is CC(C)(CO)NC(=O)NCCCOc1ccc(C(C)(C)C)cc1Br. The predicted molar refractivity (Wildman–Crippen MR) is 101 cm³/mol. The van der Waals surface area contributed by atoms with Crippen molar-refractivity contribution in [2.45, 2.75) is 52.0 Å². The van der Waals surface area contributed by atoms with Gasteiger partial charge in [0.1, 0.15) is 5.75 Å². The Balaban J connectivity index is 2.35. The Morgan fingerprint density at radius 3 is 2.46 bits per heavy atom. The van der Waals surface area contributed by atoms with Crippen molar-refractivity contribution in [2.75, 3.05) is 19.8 Å². The molecule has 0 atom stereocenters. The van der Waals surface area contributed by atoms with Gasteiger partial charge in [-0.25, -0.2) is 4.79 Å². The van der Waals surface area contributed by atoms with Gasteiger partial charge in [0.15, 0.2) is 0 Å². The average molecular weight is 401 g/mol. The van der Waals surface area contributed by atoms with E-state index in [0.717, 1.165) is 10.2 Å². The highest BCUT2D eigenvalue weighted by molar-refractivity contribution is 9.10. The molecule has 24 heavy (non-hydrogen) atoms. The molecule has 5 nitrogen and oxygen atoms in total. The maximum Gasteiger partial charge on any atom is 0.315 e. The minimum Gasteiger partial charge on any atom is -0.492 e. The number of benzene rings is 1. The van der Waals surface area contributed by atoms with Crippen LogP contribution >= 0.6 is 15.9 Å². The van der Waals surface area contributed by atoms with Gasteiger partial charge in [-0.05, 0) is 59.3 Å². The summed E-state index contributed by atoms with van der Waals surface area (Å²) in [5.74, 6) is 0.800. The number of hydrogen-bond donors (Lipinski definition) is 3. The first-order valence-corrected chi connectivity index (χ1v) is 8.94. The van der Waals surface area contributed by atoms with Crippen LogP contribution in [-0.4, -0.2) is 36.4 Å². The Labute approximate surface area is 153 Å². The van der Waals surface area contributed by atoms with Crippen molar-refractivity contribution >= 4 is 22.0 Å². The Kier molecular flexibility index (Phi) is 7.55. The van der Waals surface area contributed by atoms with Crippen LogP contribution in [0.4, 0.5) is 4.79 Å². The zero-order valence-electron chi connectivity index (χ0n) is 15.2. The Hall–Kier alpha value is -1.27. The van der Waals surface area contributed by atoms with Crippen LogP contribution in [0.5, 0.6) is 5.75 Å². The predicted octanol–water partition coefficient (Wildman–Crippen LogP) is 3.59. The lowest BCUT2D eigenvalue weighted by molar-refractivity contribution is 0.181. The lowest BCUT2D eigenvalue weighted by Crippen LogP contribution is -2.50. The van der Waals surface area contributed by atoms with E-state index in [9.17, 15) is 4.79 Å². The Morgan fingerprint density at radius 1 is 1.25 bits per heavy atom. The van der Waals surface area contributed by atoms with Gasteiger partial charge in [-0.15, -0.1) is 0 Å². The number of carbonyl (C=O) groups excluding carboxylic acids is 1. The van der Waals surface area contributed by atoms with Crippen LogP contribution in [0.2, 0.25) is 0 Å². The number of nitrogens with one attached hydrogen (secondary N) is 2. The number of hydrogen-bond acceptors (Lipinski definition) is 3. The molecule has 0 heterocycles. The van der Waals surface area contributed by atoms with Crippen molar-refractivity contribution in [1.82, 2.24) is 10.6 Å². The Bertz CT molecular complexity index is 554. The third-order valence-corrected chi connectivity index (χ3v) is 4.13. The molecule has 1 rings (SSSR count). The second kappa shape index (κ2) is 8.72. The fourth-order valence-corrected chi connectivity index (χ4v) is 2.42. The van der Waals surface area contributed by atoms with E-state index in [0.29, 0.717) is 19.6 Å². The van der Waals surface area contributed by atoms with Crippen molar-refractivity contribution in [2.24, 2.45) is 0 Å². The third-order valence-electron chi connectivity index (χ3n) is 3.51. The van der Waals surface area contributed by atoms with E-state index < -0.39 is 5.54 Å². The first kappa shape index (κ1) is 20.8. The fraction of sp³-hybridized carbons (Fsp3) is 0.611. The molecule has 2 amide bonds. The second-order valence-corrected chi connectivity index (χ2v) is 8.37. The first-order chi connectivity index (χ1) is 11.0. The largest absolute Gasteiger partial charge is 0.492 e. The summed E-state index contributed by atoms with van der Waals surface area (Å²) in [6.07, 6.45) is 0.695. The quantitative estimate of drug-likeness (QED) is 0.612. The van der Waals surface area contributed by atoms with E-state index in [2.05, 4.69) is 59.5 Å². The lowest BCUT2D eigenvalue weighted by Gasteiger charge is -2.23. The molecular weight excluding hydrogens is 372 g/mol. The van der Waals surface area contributed by atoms with Crippen LogP contribution in [0.25, 0.3) is 0 Å². The highest BCUT2D eigenvalue weighted by Gasteiger charge is 2.18. The smallest absolute Gasteiger partial charge is 0.315 e. The van der Waals surface area contributed by atoms with Crippen molar-refractivity contribution in [3.8, 4) is 5.75 Å². The maximum atomic E-state index is 11.7. The second-order valence-electron chi connectivity index (χ2n) is 7.52. The molecule has 1 aromatic rings. The molecule has 0 aliphatic heterocycles. The first-order valence-electron chi connectivity index (χ1n) is 8.15. The summed E-state index contributed by atoms with van der Waals surface area (Å²) in [4.78, 5) is 11.7. The number of halogens is 1. The average Bonchev–Trinajstić information content (AvgIpc) is 2.46. The monoisotopic (exact) mass is 400 g/mol. The van der Waals surface area contributed by atoms with E-state index >= 15 is 0 Å². The van der Waals surface area contributed by atoms with Gasteiger partial charge >= 0.3 is 6.03 Å². The molecule has 136 valence electrons. The van der Waals surface area contributed by atoms with Gasteiger partial charge in [0.2, 0.25) is 0 Å². The number of aliphatic hydroxyl groups excluding tert-OH is 1. The fourth-order valence-electron chi connectivity index (χ4n) is 1.93. The molecule has 0 radical (unpaired) electrons. The molecule has 0 bridgehead atoms. The number of ether oxygens (including phenoxy) is 1. The van der Waals surface area contributed by atoms with Crippen molar-refractivity contribution in [1.29, 1.82) is 0 Å². The molecule has 0 aromatic heterocycles. The molecular formula is C18H29BrN2O3. The number of amides is 2. The van der Waals surface area contributed by atoms with Crippen molar-refractivity contribution in [3.63, 3.8) is 0 Å². The van der Waals surface area contributed by atoms with E-state index in [-0.39, 0.29) is 18.1 Å². The number of rotatable bonds is 7. The number of urea groups is 1.